The van der Waals surface area contributed by atoms with Crippen LogP contribution in [-0.2, 0) is 0 Å². The van der Waals surface area contributed by atoms with Crippen molar-refractivity contribution in [3.8, 4) is 27.9 Å². The molecule has 58 heavy (non-hydrogen) atoms. The van der Waals surface area contributed by atoms with Crippen LogP contribution in [-0.4, -0.2) is 4.57 Å². The van der Waals surface area contributed by atoms with Crippen LogP contribution >= 0.6 is 0 Å². The molecule has 0 unspecified atom stereocenters. The van der Waals surface area contributed by atoms with Gasteiger partial charge in [0.2, 0.25) is 0 Å². The third-order valence-corrected chi connectivity index (χ3v) is 11.6. The van der Waals surface area contributed by atoms with Gasteiger partial charge in [0.25, 0.3) is 0 Å². The lowest BCUT2D eigenvalue weighted by Crippen LogP contribution is -2.10. The predicted molar refractivity (Wildman–Crippen MR) is 241 cm³/mol. The number of aromatic nitrogens is 1. The molecular formula is C54H34N2O2. The molecule has 0 saturated heterocycles. The van der Waals surface area contributed by atoms with Crippen molar-refractivity contribution in [3.05, 3.63) is 206 Å². The molecule has 0 spiro atoms. The van der Waals surface area contributed by atoms with Gasteiger partial charge in [-0.15, -0.1) is 0 Å². The number of fused-ring (bicyclic) bond motifs is 9. The molecule has 3 aromatic heterocycles. The molecule has 0 atom stereocenters. The first-order valence-electron chi connectivity index (χ1n) is 19.7. The number of furan rings is 2. The van der Waals surface area contributed by atoms with Crippen molar-refractivity contribution in [1.29, 1.82) is 0 Å². The number of hydrogen-bond acceptors (Lipinski definition) is 3. The van der Waals surface area contributed by atoms with Crippen LogP contribution < -0.4 is 4.90 Å². The zero-order chi connectivity index (χ0) is 38.2. The Morgan fingerprint density at radius 3 is 1.67 bits per heavy atom. The van der Waals surface area contributed by atoms with Gasteiger partial charge in [0.05, 0.1) is 22.1 Å². The van der Waals surface area contributed by atoms with Gasteiger partial charge in [-0.2, -0.15) is 0 Å². The average Bonchev–Trinajstić information content (AvgIpc) is 3.97. The van der Waals surface area contributed by atoms with Crippen molar-refractivity contribution in [1.82, 2.24) is 4.57 Å². The smallest absolute Gasteiger partial charge is 0.145 e. The SMILES string of the molecule is c1ccc(-c2ccc3c(c2)oc2cc(N(c4ccc(-n5c6ccccc6c6ccccc65)cc4)c4ccc(-c5ccccc5)c5oc6ccccc6c45)ccc23)cc1. The van der Waals surface area contributed by atoms with E-state index in [1.165, 1.54) is 21.8 Å². The van der Waals surface area contributed by atoms with Crippen molar-refractivity contribution >= 4 is 82.7 Å². The number of anilines is 3. The highest BCUT2D eigenvalue weighted by Crippen LogP contribution is 2.47. The van der Waals surface area contributed by atoms with Crippen LogP contribution in [0.1, 0.15) is 0 Å². The molecule has 0 N–H and O–H groups in total. The molecule has 12 aromatic rings. The summed E-state index contributed by atoms with van der Waals surface area (Å²) in [4.78, 5) is 2.34. The van der Waals surface area contributed by atoms with Gasteiger partial charge in [0.1, 0.15) is 22.3 Å². The second kappa shape index (κ2) is 12.9. The van der Waals surface area contributed by atoms with Gasteiger partial charge in [-0.05, 0) is 95.6 Å². The Bertz CT molecular complexity index is 3450. The van der Waals surface area contributed by atoms with Crippen molar-refractivity contribution in [2.24, 2.45) is 0 Å². The lowest BCUT2D eigenvalue weighted by atomic mass is 9.99. The fraction of sp³-hybridized carbons (Fsp3) is 0. The summed E-state index contributed by atoms with van der Waals surface area (Å²) in [5.74, 6) is 0. The topological polar surface area (TPSA) is 34.5 Å². The van der Waals surface area contributed by atoms with Gasteiger partial charge in [-0.25, -0.2) is 0 Å². The summed E-state index contributed by atoms with van der Waals surface area (Å²) < 4.78 is 15.8. The lowest BCUT2D eigenvalue weighted by Gasteiger charge is -2.27. The Balaban J connectivity index is 1.08. The zero-order valence-electron chi connectivity index (χ0n) is 31.3. The van der Waals surface area contributed by atoms with Crippen LogP contribution in [0.3, 0.4) is 0 Å². The lowest BCUT2D eigenvalue weighted by molar-refractivity contribution is 0.669. The molecule has 0 bridgehead atoms. The molecule has 0 aliphatic heterocycles. The summed E-state index contributed by atoms with van der Waals surface area (Å²) in [6.45, 7) is 0. The minimum absolute atomic E-state index is 0.832. The third kappa shape index (κ3) is 5.02. The highest BCUT2D eigenvalue weighted by atomic mass is 16.3. The van der Waals surface area contributed by atoms with E-state index in [9.17, 15) is 0 Å². The number of rotatable bonds is 6. The van der Waals surface area contributed by atoms with Crippen molar-refractivity contribution in [2.45, 2.75) is 0 Å². The number of benzene rings is 9. The van der Waals surface area contributed by atoms with E-state index in [-0.39, 0.29) is 0 Å². The normalized spacial score (nSPS) is 11.8. The molecule has 4 heteroatoms. The quantitative estimate of drug-likeness (QED) is 0.170. The summed E-state index contributed by atoms with van der Waals surface area (Å²) in [6, 6.07) is 73.0. The molecular weight excluding hydrogens is 709 g/mol. The van der Waals surface area contributed by atoms with Gasteiger partial charge in [-0.3, -0.25) is 0 Å². The van der Waals surface area contributed by atoms with E-state index in [2.05, 4.69) is 204 Å². The fourth-order valence-corrected chi connectivity index (χ4v) is 8.94. The van der Waals surface area contributed by atoms with E-state index in [1.807, 2.05) is 12.1 Å². The van der Waals surface area contributed by atoms with Crippen molar-refractivity contribution in [3.63, 3.8) is 0 Å². The maximum absolute atomic E-state index is 6.76. The highest BCUT2D eigenvalue weighted by Gasteiger charge is 2.23. The Morgan fingerprint density at radius 1 is 0.362 bits per heavy atom. The molecule has 0 amide bonds. The van der Waals surface area contributed by atoms with Crippen LogP contribution in [0, 0.1) is 0 Å². The molecule has 0 aliphatic carbocycles. The number of nitrogens with zero attached hydrogens (tertiary/aromatic N) is 2. The van der Waals surface area contributed by atoms with Crippen LogP contribution in [0.25, 0.3) is 93.6 Å². The van der Waals surface area contributed by atoms with E-state index < -0.39 is 0 Å². The molecule has 0 aliphatic rings. The molecule has 4 nitrogen and oxygen atoms in total. The highest BCUT2D eigenvalue weighted by molar-refractivity contribution is 6.17. The Labute approximate surface area is 334 Å². The Morgan fingerprint density at radius 2 is 0.948 bits per heavy atom. The maximum atomic E-state index is 6.76. The number of para-hydroxylation sites is 3. The molecule has 0 fully saturated rings. The second-order valence-electron chi connectivity index (χ2n) is 14.9. The first-order chi connectivity index (χ1) is 28.8. The molecule has 9 aromatic carbocycles. The summed E-state index contributed by atoms with van der Waals surface area (Å²) in [5, 5.41) is 6.78. The van der Waals surface area contributed by atoms with Crippen molar-refractivity contribution in [2.75, 3.05) is 4.90 Å². The molecule has 12 rings (SSSR count). The zero-order valence-corrected chi connectivity index (χ0v) is 31.3. The number of hydrogen-bond donors (Lipinski definition) is 0. The summed E-state index contributed by atoms with van der Waals surface area (Å²) in [7, 11) is 0. The first-order valence-corrected chi connectivity index (χ1v) is 19.7. The van der Waals surface area contributed by atoms with Crippen LogP contribution in [0.5, 0.6) is 0 Å². The second-order valence-corrected chi connectivity index (χ2v) is 14.9. The summed E-state index contributed by atoms with van der Waals surface area (Å²) in [6.07, 6.45) is 0. The van der Waals surface area contributed by atoms with E-state index >= 15 is 0 Å². The summed E-state index contributed by atoms with van der Waals surface area (Å²) >= 11 is 0. The van der Waals surface area contributed by atoms with Crippen LogP contribution in [0.15, 0.2) is 215 Å². The van der Waals surface area contributed by atoms with Gasteiger partial charge in [0.15, 0.2) is 0 Å². The van der Waals surface area contributed by atoms with Crippen LogP contribution in [0.4, 0.5) is 17.1 Å². The minimum Gasteiger partial charge on any atom is -0.456 e. The van der Waals surface area contributed by atoms with Gasteiger partial charge < -0.3 is 18.3 Å². The Kier molecular flexibility index (Phi) is 7.20. The first kappa shape index (κ1) is 32.4. The minimum atomic E-state index is 0.832. The molecule has 3 heterocycles. The Hall–Kier alpha value is -7.82. The molecule has 272 valence electrons. The molecule has 0 saturated carbocycles. The standard InChI is InChI=1S/C54H34N2O2/c1-3-13-35(14-4-1)37-23-29-44-45-30-28-40(34-52(45)57-51(44)33-37)55(38-24-26-39(27-25-38)56-47-20-10-7-17-42(47)43-18-8-11-21-48(43)56)49-32-31-41(36-15-5-2-6-16-36)54-53(49)46-19-9-12-22-50(46)58-54/h1-34H. The third-order valence-electron chi connectivity index (χ3n) is 11.6. The van der Waals surface area contributed by atoms with E-state index in [4.69, 9.17) is 8.83 Å². The van der Waals surface area contributed by atoms with E-state index in [0.717, 1.165) is 88.9 Å². The van der Waals surface area contributed by atoms with Gasteiger partial charge in [-0.1, -0.05) is 121 Å². The molecule has 0 radical (unpaired) electrons. The van der Waals surface area contributed by atoms with Gasteiger partial charge >= 0.3 is 0 Å². The average molecular weight is 743 g/mol. The van der Waals surface area contributed by atoms with Crippen LogP contribution in [0.2, 0.25) is 0 Å². The van der Waals surface area contributed by atoms with E-state index in [1.54, 1.807) is 0 Å². The van der Waals surface area contributed by atoms with Crippen molar-refractivity contribution < 1.29 is 8.83 Å². The monoisotopic (exact) mass is 742 g/mol. The largest absolute Gasteiger partial charge is 0.456 e. The fourth-order valence-electron chi connectivity index (χ4n) is 8.94. The summed E-state index contributed by atoms with van der Waals surface area (Å²) in [5.41, 5.74) is 14.4. The predicted octanol–water partition coefficient (Wildman–Crippen LogP) is 15.4. The van der Waals surface area contributed by atoms with Gasteiger partial charge in [0, 0.05) is 55.6 Å². The van der Waals surface area contributed by atoms with E-state index in [0.29, 0.717) is 0 Å². The maximum Gasteiger partial charge on any atom is 0.145 e.